The Morgan fingerprint density at radius 1 is 1.18 bits per heavy atom. The first-order chi connectivity index (χ1) is 8.10. The molecule has 17 heavy (non-hydrogen) atoms. The van der Waals surface area contributed by atoms with Crippen molar-refractivity contribution in [2.45, 2.75) is 20.3 Å². The minimum atomic E-state index is -0.288. The Kier molecular flexibility index (Phi) is 9.86. The molecular formula is C12H25FN4. The van der Waals surface area contributed by atoms with Crippen LogP contribution in [-0.4, -0.2) is 68.9 Å². The summed E-state index contributed by atoms with van der Waals surface area (Å²) in [5, 5.41) is 0. The third-order valence-corrected chi connectivity index (χ3v) is 2.52. The summed E-state index contributed by atoms with van der Waals surface area (Å²) in [6, 6.07) is 0. The van der Waals surface area contributed by atoms with Crippen molar-refractivity contribution < 1.29 is 4.39 Å². The van der Waals surface area contributed by atoms with Crippen LogP contribution in [0, 0.1) is 0 Å². The van der Waals surface area contributed by atoms with Gasteiger partial charge in [-0.1, -0.05) is 6.92 Å². The number of alkyl halides is 1. The highest BCUT2D eigenvalue weighted by atomic mass is 19.1. The van der Waals surface area contributed by atoms with Gasteiger partial charge < -0.3 is 4.90 Å². The van der Waals surface area contributed by atoms with Crippen molar-refractivity contribution in [2.75, 3.05) is 47.1 Å². The van der Waals surface area contributed by atoms with E-state index in [0.717, 1.165) is 25.2 Å². The largest absolute Gasteiger partial charge is 0.303 e. The minimum Gasteiger partial charge on any atom is -0.303 e. The van der Waals surface area contributed by atoms with E-state index in [4.69, 9.17) is 0 Å². The van der Waals surface area contributed by atoms with Crippen LogP contribution in [0.4, 0.5) is 4.39 Å². The van der Waals surface area contributed by atoms with Crippen LogP contribution in [0.2, 0.25) is 0 Å². The molecule has 0 bridgehead atoms. The first-order valence-electron chi connectivity index (χ1n) is 6.04. The highest BCUT2D eigenvalue weighted by Gasteiger charge is 2.00. The lowest BCUT2D eigenvalue weighted by molar-refractivity contribution is 0.245. The summed E-state index contributed by atoms with van der Waals surface area (Å²) in [5.41, 5.74) is 1.08. The van der Waals surface area contributed by atoms with Crippen LogP contribution in [0.15, 0.2) is 9.98 Å². The van der Waals surface area contributed by atoms with Gasteiger partial charge in [-0.05, 0) is 27.4 Å². The second-order valence-corrected chi connectivity index (χ2v) is 4.23. The Bertz CT molecular complexity index is 241. The number of hydrogen-bond donors (Lipinski definition) is 0. The smallest absolute Gasteiger partial charge is 0.111 e. The second-order valence-electron chi connectivity index (χ2n) is 4.23. The Morgan fingerprint density at radius 3 is 2.41 bits per heavy atom. The molecule has 0 fully saturated rings. The van der Waals surface area contributed by atoms with Crippen molar-refractivity contribution in [3.63, 3.8) is 0 Å². The zero-order chi connectivity index (χ0) is 13.1. The summed E-state index contributed by atoms with van der Waals surface area (Å²) in [6.45, 7) is 6.63. The topological polar surface area (TPSA) is 31.2 Å². The van der Waals surface area contributed by atoms with Gasteiger partial charge in [0.2, 0.25) is 0 Å². The normalized spacial score (nSPS) is 13.2. The summed E-state index contributed by atoms with van der Waals surface area (Å²) in [7, 11) is 3.92. The summed E-state index contributed by atoms with van der Waals surface area (Å²) in [4.78, 5) is 12.4. The van der Waals surface area contributed by atoms with Gasteiger partial charge in [0.05, 0.1) is 6.67 Å². The van der Waals surface area contributed by atoms with Gasteiger partial charge in [0.25, 0.3) is 0 Å². The molecule has 0 unspecified atom stereocenters. The Hall–Kier alpha value is -0.810. The van der Waals surface area contributed by atoms with Gasteiger partial charge in [-0.25, -0.2) is 9.38 Å². The fourth-order valence-corrected chi connectivity index (χ4v) is 1.07. The molecule has 0 amide bonds. The molecule has 0 saturated carbocycles. The van der Waals surface area contributed by atoms with Gasteiger partial charge in [0.1, 0.15) is 13.0 Å². The van der Waals surface area contributed by atoms with E-state index in [1.54, 1.807) is 6.34 Å². The molecule has 0 saturated heterocycles. The molecule has 0 spiro atoms. The lowest BCUT2D eigenvalue weighted by atomic mass is 10.3. The Labute approximate surface area is 104 Å². The maximum Gasteiger partial charge on any atom is 0.111 e. The third kappa shape index (κ3) is 10.1. The van der Waals surface area contributed by atoms with Crippen LogP contribution >= 0.6 is 0 Å². The average Bonchev–Trinajstić information content (AvgIpc) is 2.32. The zero-order valence-corrected chi connectivity index (χ0v) is 11.5. The minimum absolute atomic E-state index is 0.288. The van der Waals surface area contributed by atoms with Crippen molar-refractivity contribution >= 4 is 12.1 Å². The van der Waals surface area contributed by atoms with Crippen LogP contribution in [0.25, 0.3) is 0 Å². The summed E-state index contributed by atoms with van der Waals surface area (Å²) >= 11 is 0. The van der Waals surface area contributed by atoms with Gasteiger partial charge in [-0.3, -0.25) is 9.89 Å². The molecule has 0 atom stereocenters. The third-order valence-electron chi connectivity index (χ3n) is 2.52. The van der Waals surface area contributed by atoms with E-state index in [0.29, 0.717) is 13.2 Å². The van der Waals surface area contributed by atoms with Gasteiger partial charge in [0, 0.05) is 25.3 Å². The number of hydrogen-bond acceptors (Lipinski definition) is 3. The average molecular weight is 244 g/mol. The molecule has 0 aromatic rings. The number of likely N-dealkylation sites (N-methyl/N-ethyl adjacent to an activating group) is 2. The lowest BCUT2D eigenvalue weighted by Gasteiger charge is -2.19. The maximum atomic E-state index is 12.0. The molecule has 5 heteroatoms. The van der Waals surface area contributed by atoms with Crippen molar-refractivity contribution in [1.29, 1.82) is 0 Å². The maximum absolute atomic E-state index is 12.0. The SMILES string of the molecule is CCC(C)=NC=NCN(C)CCN(C)CCF. The predicted octanol–water partition coefficient (Wildman–Crippen LogP) is 1.68. The second kappa shape index (κ2) is 10.4. The van der Waals surface area contributed by atoms with Crippen LogP contribution < -0.4 is 0 Å². The summed E-state index contributed by atoms with van der Waals surface area (Å²) in [5.74, 6) is 0. The number of nitrogens with zero attached hydrogens (tertiary/aromatic N) is 4. The number of halogens is 1. The molecule has 0 N–H and O–H groups in total. The van der Waals surface area contributed by atoms with Gasteiger partial charge >= 0.3 is 0 Å². The van der Waals surface area contributed by atoms with Crippen molar-refractivity contribution in [1.82, 2.24) is 9.80 Å². The molecule has 4 nitrogen and oxygen atoms in total. The van der Waals surface area contributed by atoms with E-state index in [-0.39, 0.29) is 6.67 Å². The standard InChI is InChI=1S/C12H25FN4/c1-5-12(2)15-10-14-11-17(4)9-8-16(3)7-6-13/h10H,5-9,11H2,1-4H3. The highest BCUT2D eigenvalue weighted by molar-refractivity contribution is 5.88. The van der Waals surface area contributed by atoms with E-state index in [1.807, 2.05) is 25.9 Å². The van der Waals surface area contributed by atoms with Crippen LogP contribution in [0.3, 0.4) is 0 Å². The van der Waals surface area contributed by atoms with Crippen LogP contribution in [-0.2, 0) is 0 Å². The first-order valence-corrected chi connectivity index (χ1v) is 6.04. The predicted molar refractivity (Wildman–Crippen MR) is 72.9 cm³/mol. The van der Waals surface area contributed by atoms with Gasteiger partial charge in [-0.2, -0.15) is 0 Å². The van der Waals surface area contributed by atoms with E-state index >= 15 is 0 Å². The fraction of sp³-hybridized carbons (Fsp3) is 0.833. The molecule has 0 aliphatic carbocycles. The lowest BCUT2D eigenvalue weighted by Crippen LogP contribution is -2.32. The molecule has 0 heterocycles. The highest BCUT2D eigenvalue weighted by Crippen LogP contribution is 1.88. The molecular weight excluding hydrogens is 219 g/mol. The Balaban J connectivity index is 3.69. The van der Waals surface area contributed by atoms with Gasteiger partial charge in [0.15, 0.2) is 0 Å². The zero-order valence-electron chi connectivity index (χ0n) is 11.5. The monoisotopic (exact) mass is 244 g/mol. The van der Waals surface area contributed by atoms with Crippen molar-refractivity contribution in [3.8, 4) is 0 Å². The molecule has 100 valence electrons. The van der Waals surface area contributed by atoms with E-state index < -0.39 is 0 Å². The van der Waals surface area contributed by atoms with Crippen molar-refractivity contribution in [3.05, 3.63) is 0 Å². The summed E-state index contributed by atoms with van der Waals surface area (Å²) < 4.78 is 12.0. The first kappa shape index (κ1) is 16.2. The molecule has 0 aromatic carbocycles. The summed E-state index contributed by atoms with van der Waals surface area (Å²) in [6.07, 6.45) is 2.57. The Morgan fingerprint density at radius 2 is 1.82 bits per heavy atom. The van der Waals surface area contributed by atoms with E-state index in [2.05, 4.69) is 21.8 Å². The van der Waals surface area contributed by atoms with E-state index in [9.17, 15) is 4.39 Å². The molecule has 0 aromatic heterocycles. The van der Waals surface area contributed by atoms with Crippen LogP contribution in [0.1, 0.15) is 20.3 Å². The van der Waals surface area contributed by atoms with Crippen LogP contribution in [0.5, 0.6) is 0 Å². The molecule has 0 aliphatic heterocycles. The molecule has 0 aliphatic rings. The number of rotatable bonds is 9. The molecule has 0 radical (unpaired) electrons. The molecule has 0 rings (SSSR count). The number of aliphatic imine (C=N–C) groups is 2. The fourth-order valence-electron chi connectivity index (χ4n) is 1.07. The van der Waals surface area contributed by atoms with Crippen molar-refractivity contribution in [2.24, 2.45) is 9.98 Å². The van der Waals surface area contributed by atoms with E-state index in [1.165, 1.54) is 0 Å². The van der Waals surface area contributed by atoms with Gasteiger partial charge in [-0.15, -0.1) is 0 Å². The quantitative estimate of drug-likeness (QED) is 0.456.